The third kappa shape index (κ3) is 12.9. The number of rotatable bonds is 27. The van der Waals surface area contributed by atoms with E-state index in [-0.39, 0.29) is 95.0 Å². The largest absolute Gasteiger partial charge is 0.497 e. The second kappa shape index (κ2) is 26.3. The fraction of sp³-hybridized carbons (Fsp3) is 0.500. The van der Waals surface area contributed by atoms with Crippen LogP contribution in [0, 0.1) is 27.9 Å². The van der Waals surface area contributed by atoms with Crippen molar-refractivity contribution >= 4 is 40.9 Å². The van der Waals surface area contributed by atoms with Gasteiger partial charge >= 0.3 is 12.2 Å². The van der Waals surface area contributed by atoms with Crippen molar-refractivity contribution < 1.29 is 67.8 Å². The number of fused-ring (bicyclic) bond motifs is 2. The van der Waals surface area contributed by atoms with Gasteiger partial charge in [0.15, 0.2) is 0 Å². The van der Waals surface area contributed by atoms with E-state index in [9.17, 15) is 35.0 Å². The van der Waals surface area contributed by atoms with Crippen molar-refractivity contribution in [1.29, 1.82) is 0 Å². The van der Waals surface area contributed by atoms with Crippen LogP contribution in [0.1, 0.15) is 62.0 Å². The van der Waals surface area contributed by atoms with Crippen LogP contribution < -0.4 is 24.3 Å². The number of nitrogens with zero attached hydrogens (tertiary/aromatic N) is 3. The number of aliphatic hydroxyl groups excluding tert-OH is 3. The number of carbonyl (C=O) groups is 2. The lowest BCUT2D eigenvalue weighted by Gasteiger charge is -2.59. The van der Waals surface area contributed by atoms with Gasteiger partial charge in [0.1, 0.15) is 42.3 Å². The lowest BCUT2D eigenvalue weighted by molar-refractivity contribution is -0.384. The van der Waals surface area contributed by atoms with Crippen molar-refractivity contribution in [3.8, 4) is 23.0 Å². The first-order valence-electron chi connectivity index (χ1n) is 23.4. The number of halogens is 1. The first kappa shape index (κ1) is 53.4. The molecule has 1 aliphatic heterocycles. The second-order valence-electron chi connectivity index (χ2n) is 16.9. The van der Waals surface area contributed by atoms with Crippen LogP contribution in [-0.2, 0) is 25.7 Å². The zero-order valence-corrected chi connectivity index (χ0v) is 40.3. The van der Waals surface area contributed by atoms with E-state index in [2.05, 4.69) is 18.0 Å². The van der Waals surface area contributed by atoms with Crippen molar-refractivity contribution in [1.82, 2.24) is 4.90 Å². The monoisotopic (exact) mass is 994 g/mol. The molecule has 4 N–H and O–H groups in total. The molecule has 70 heavy (non-hydrogen) atoms. The van der Waals surface area contributed by atoms with Crippen LogP contribution >= 0.6 is 11.6 Å². The Morgan fingerprint density at radius 1 is 0.971 bits per heavy atom. The van der Waals surface area contributed by atoms with Crippen molar-refractivity contribution in [2.75, 3.05) is 78.2 Å². The highest BCUT2D eigenvalue weighted by Crippen LogP contribution is 2.62. The van der Waals surface area contributed by atoms with Crippen LogP contribution in [0.15, 0.2) is 90.1 Å². The van der Waals surface area contributed by atoms with E-state index in [4.69, 9.17) is 54.8 Å². The lowest BCUT2D eigenvalue weighted by atomic mass is 9.55. The number of nitro benzene ring substituents is 1. The van der Waals surface area contributed by atoms with Gasteiger partial charge in [-0.3, -0.25) is 20.3 Å². The van der Waals surface area contributed by atoms with Crippen LogP contribution in [0.2, 0.25) is 0 Å². The number of oxime groups is 1. The number of carbonyl (C=O) groups excluding carboxylic acids is 2. The number of hydrogen-bond acceptors (Lipinski definition) is 16. The third-order valence-electron chi connectivity index (χ3n) is 12.7. The minimum atomic E-state index is -1.66. The van der Waals surface area contributed by atoms with Gasteiger partial charge in [0.25, 0.3) is 5.69 Å². The van der Waals surface area contributed by atoms with Gasteiger partial charge < -0.3 is 53.3 Å². The van der Waals surface area contributed by atoms with E-state index in [1.54, 1.807) is 54.6 Å². The fourth-order valence-corrected chi connectivity index (χ4v) is 9.74. The van der Waals surface area contributed by atoms with Gasteiger partial charge in [-0.1, -0.05) is 30.1 Å². The number of alkyl halides is 1. The number of benzene rings is 3. The van der Waals surface area contributed by atoms with Crippen molar-refractivity contribution in [2.45, 2.75) is 69.3 Å². The standard InChI is InChI=1S/C50H63ClN4O15/c1-4-24-67-50-45(54(20-26-65-27-23-58)49(60)66-25-19-51)31-42(53-68-32-33-11-13-35(14-12-33)55(61)62)39-28-34(9-5-7-21-56)38(10-6-8-22-57)46(47(39)50)40-29-37(16-18-43(40)70-50)69-48(59)52-41-17-15-36(63-2)30-44(41)64-3/h4,11-18,28-30,34,38,45-47,56-58H,1,5-10,19-27,31-32H2,2-3H3,(H,52,59). The molecule has 1 fully saturated rings. The van der Waals surface area contributed by atoms with E-state index in [1.165, 1.54) is 31.3 Å². The normalized spacial score (nSPS) is 21.5. The number of allylic oxidation sites excluding steroid dienone is 1. The smallest absolute Gasteiger partial charge is 0.417 e. The maximum atomic E-state index is 14.4. The predicted molar refractivity (Wildman–Crippen MR) is 259 cm³/mol. The maximum Gasteiger partial charge on any atom is 0.417 e. The molecule has 20 heteroatoms. The number of hydrogen-bond donors (Lipinski definition) is 4. The summed E-state index contributed by atoms with van der Waals surface area (Å²) in [5.74, 6) is -1.64. The van der Waals surface area contributed by atoms with Gasteiger partial charge in [0.05, 0.1) is 68.8 Å². The molecule has 6 rings (SSSR count). The molecule has 0 bridgehead atoms. The van der Waals surface area contributed by atoms with Crippen LogP contribution in [0.25, 0.3) is 0 Å². The molecule has 0 spiro atoms. The summed E-state index contributed by atoms with van der Waals surface area (Å²) >= 11 is 6.04. The number of non-ortho nitro benzene ring substituents is 1. The number of anilines is 1. The molecule has 1 heterocycles. The number of aliphatic hydroxyl groups is 3. The van der Waals surface area contributed by atoms with Gasteiger partial charge in [-0.15, -0.1) is 18.2 Å². The molecular formula is C50H63ClN4O15. The number of methoxy groups -OCH3 is 2. The molecule has 3 aromatic carbocycles. The first-order valence-corrected chi connectivity index (χ1v) is 23.9. The Hall–Kier alpha value is -5.96. The van der Waals surface area contributed by atoms with E-state index in [1.807, 2.05) is 0 Å². The zero-order chi connectivity index (χ0) is 50.0. The fourth-order valence-electron chi connectivity index (χ4n) is 9.67. The molecule has 0 radical (unpaired) electrons. The zero-order valence-electron chi connectivity index (χ0n) is 39.5. The minimum absolute atomic E-state index is 0.00293. The van der Waals surface area contributed by atoms with Crippen molar-refractivity contribution in [3.63, 3.8) is 0 Å². The van der Waals surface area contributed by atoms with E-state index in [0.717, 1.165) is 5.57 Å². The van der Waals surface area contributed by atoms with E-state index in [0.29, 0.717) is 78.3 Å². The van der Waals surface area contributed by atoms with E-state index >= 15 is 0 Å². The summed E-state index contributed by atoms with van der Waals surface area (Å²) in [6.07, 6.45) is 6.02. The molecule has 0 saturated heterocycles. The highest BCUT2D eigenvalue weighted by molar-refractivity contribution is 6.18. The van der Waals surface area contributed by atoms with E-state index < -0.39 is 40.8 Å². The summed E-state index contributed by atoms with van der Waals surface area (Å²) in [5, 5.41) is 48.4. The average molecular weight is 996 g/mol. The number of nitro groups is 1. The Balaban J connectivity index is 1.54. The third-order valence-corrected chi connectivity index (χ3v) is 12.8. The second-order valence-corrected chi connectivity index (χ2v) is 17.3. The Morgan fingerprint density at radius 2 is 1.73 bits per heavy atom. The van der Waals surface area contributed by atoms with Crippen LogP contribution in [0.3, 0.4) is 0 Å². The number of ether oxygens (including phenoxy) is 7. The molecule has 2 aliphatic carbocycles. The summed E-state index contributed by atoms with van der Waals surface area (Å²) in [6.45, 7) is 3.54. The molecule has 3 aliphatic rings. The Labute approximate surface area is 412 Å². The number of nitrogens with one attached hydrogen (secondary N) is 1. The predicted octanol–water partition coefficient (Wildman–Crippen LogP) is 7.74. The van der Waals surface area contributed by atoms with Gasteiger partial charge in [-0.25, -0.2) is 9.59 Å². The summed E-state index contributed by atoms with van der Waals surface area (Å²) in [4.78, 5) is 46.5. The molecule has 1 saturated carbocycles. The molecule has 6 atom stereocenters. The average Bonchev–Trinajstić information content (AvgIpc) is 3.36. The summed E-state index contributed by atoms with van der Waals surface area (Å²) < 4.78 is 42.4. The van der Waals surface area contributed by atoms with Crippen molar-refractivity contribution in [3.05, 3.63) is 106 Å². The molecule has 3 aromatic rings. The van der Waals surface area contributed by atoms with Gasteiger partial charge in [-0.2, -0.15) is 0 Å². The molecule has 19 nitrogen and oxygen atoms in total. The van der Waals surface area contributed by atoms with Gasteiger partial charge in [0, 0.05) is 55.9 Å². The maximum absolute atomic E-state index is 14.4. The van der Waals surface area contributed by atoms with Crippen LogP contribution in [0.4, 0.5) is 21.0 Å². The number of amides is 2. The Morgan fingerprint density at radius 3 is 2.41 bits per heavy atom. The van der Waals surface area contributed by atoms with Gasteiger partial charge in [0.2, 0.25) is 5.79 Å². The summed E-state index contributed by atoms with van der Waals surface area (Å²) in [7, 11) is 2.99. The number of unbranched alkanes of at least 4 members (excludes halogenated alkanes) is 2. The van der Waals surface area contributed by atoms with Crippen LogP contribution in [0.5, 0.6) is 23.0 Å². The SMILES string of the molecule is C=CCOC12Oc3ccc(OC(=O)Nc4ccc(OC)cc4OC)cc3C3C(CCCCO)C(CCCCO)C=C(C(=NOCc4ccc([N+](=O)[O-])cc4)CC1N(CCOCCO)C(=O)OCCCl)C32. The molecular weight excluding hydrogens is 932 g/mol. The Kier molecular flexibility index (Phi) is 20.1. The highest BCUT2D eigenvalue weighted by Gasteiger charge is 2.65. The molecule has 0 aromatic heterocycles. The van der Waals surface area contributed by atoms with Gasteiger partial charge in [-0.05, 0) is 91.1 Å². The summed E-state index contributed by atoms with van der Waals surface area (Å²) in [6, 6.07) is 15.0. The quantitative estimate of drug-likeness (QED) is 0.0188. The Bertz CT molecular complexity index is 2300. The van der Waals surface area contributed by atoms with Crippen molar-refractivity contribution in [2.24, 2.45) is 22.9 Å². The molecule has 380 valence electrons. The summed E-state index contributed by atoms with van der Waals surface area (Å²) in [5.41, 5.74) is 2.79. The lowest BCUT2D eigenvalue weighted by Crippen LogP contribution is -2.70. The van der Waals surface area contributed by atoms with Crippen LogP contribution in [-0.4, -0.2) is 128 Å². The highest BCUT2D eigenvalue weighted by atomic mass is 35.5. The molecule has 2 amide bonds. The topological polar surface area (TPSA) is 239 Å². The minimum Gasteiger partial charge on any atom is -0.497 e. The first-order chi connectivity index (χ1) is 34.0. The molecule has 6 unspecified atom stereocenters.